The second-order valence-electron chi connectivity index (χ2n) is 7.33. The zero-order valence-corrected chi connectivity index (χ0v) is 18.2. The number of aliphatic carboxylic acids is 1. The lowest BCUT2D eigenvalue weighted by Gasteiger charge is -2.17. The van der Waals surface area contributed by atoms with Gasteiger partial charge in [-0.05, 0) is 48.7 Å². The van der Waals surface area contributed by atoms with E-state index in [1.807, 2.05) is 24.4 Å². The molecule has 0 fully saturated rings. The SMILES string of the molecule is C[C@H](Cc1c[nH]c2cc(C(N)=O)ccc12)NC[C@H](O)c1cccc(Cl)c1.O=C(O)C(F)(F)F. The number of carboxylic acid groups (broad SMARTS) is 1. The van der Waals surface area contributed by atoms with E-state index >= 15 is 0 Å². The van der Waals surface area contributed by atoms with E-state index in [2.05, 4.69) is 17.2 Å². The molecule has 0 radical (unpaired) electrons. The lowest BCUT2D eigenvalue weighted by Crippen LogP contribution is -2.32. The average molecular weight is 486 g/mol. The smallest absolute Gasteiger partial charge is 0.475 e. The van der Waals surface area contributed by atoms with Gasteiger partial charge in [-0.25, -0.2) is 4.79 Å². The van der Waals surface area contributed by atoms with Gasteiger partial charge in [-0.15, -0.1) is 0 Å². The lowest BCUT2D eigenvalue weighted by molar-refractivity contribution is -0.192. The second kappa shape index (κ2) is 11.2. The van der Waals surface area contributed by atoms with Crippen LogP contribution in [0.1, 0.15) is 34.5 Å². The molecule has 0 aliphatic rings. The van der Waals surface area contributed by atoms with E-state index in [-0.39, 0.29) is 6.04 Å². The van der Waals surface area contributed by atoms with Crippen molar-refractivity contribution in [2.45, 2.75) is 31.7 Å². The Morgan fingerprint density at radius 1 is 1.21 bits per heavy atom. The number of hydrogen-bond donors (Lipinski definition) is 5. The largest absolute Gasteiger partial charge is 0.490 e. The summed E-state index contributed by atoms with van der Waals surface area (Å²) in [5, 5.41) is 22.5. The summed E-state index contributed by atoms with van der Waals surface area (Å²) in [6.07, 6.45) is -2.96. The average Bonchev–Trinajstić information content (AvgIpc) is 3.13. The Balaban J connectivity index is 0.000000479. The van der Waals surface area contributed by atoms with E-state index < -0.39 is 24.2 Å². The van der Waals surface area contributed by atoms with E-state index in [1.165, 1.54) is 0 Å². The van der Waals surface area contributed by atoms with Gasteiger partial charge in [0.2, 0.25) is 5.91 Å². The van der Waals surface area contributed by atoms with Crippen LogP contribution in [0.4, 0.5) is 13.2 Å². The number of hydrogen-bond acceptors (Lipinski definition) is 4. The molecular weight excluding hydrogens is 463 g/mol. The van der Waals surface area contributed by atoms with Crippen molar-refractivity contribution in [1.29, 1.82) is 0 Å². The number of carboxylic acids is 1. The molecule has 1 amide bonds. The molecule has 0 unspecified atom stereocenters. The number of aromatic nitrogens is 1. The molecule has 2 atom stereocenters. The Morgan fingerprint density at radius 2 is 1.88 bits per heavy atom. The molecule has 0 saturated carbocycles. The lowest BCUT2D eigenvalue weighted by atomic mass is 10.0. The Bertz CT molecular complexity index is 1120. The maximum atomic E-state index is 11.3. The van der Waals surface area contributed by atoms with Gasteiger partial charge in [0.1, 0.15) is 0 Å². The Morgan fingerprint density at radius 3 is 2.45 bits per heavy atom. The van der Waals surface area contributed by atoms with Crippen molar-refractivity contribution in [3.8, 4) is 0 Å². The first-order valence-corrected chi connectivity index (χ1v) is 10.1. The molecule has 0 aliphatic carbocycles. The summed E-state index contributed by atoms with van der Waals surface area (Å²) in [6, 6.07) is 12.8. The van der Waals surface area contributed by atoms with Crippen molar-refractivity contribution in [3.63, 3.8) is 0 Å². The molecule has 1 aromatic heterocycles. The predicted octanol–water partition coefficient (Wildman–Crippen LogP) is 3.81. The van der Waals surface area contributed by atoms with Gasteiger partial charge in [0, 0.05) is 40.3 Å². The normalized spacial score (nSPS) is 13.2. The van der Waals surface area contributed by atoms with Gasteiger partial charge in [-0.1, -0.05) is 29.8 Å². The summed E-state index contributed by atoms with van der Waals surface area (Å²) in [5.41, 5.74) is 8.64. The number of nitrogens with one attached hydrogen (secondary N) is 2. The molecule has 0 aliphatic heterocycles. The summed E-state index contributed by atoms with van der Waals surface area (Å²) in [4.78, 5) is 23.4. The molecule has 33 heavy (non-hydrogen) atoms. The Labute approximate surface area is 192 Å². The van der Waals surface area contributed by atoms with Crippen LogP contribution < -0.4 is 11.1 Å². The minimum Gasteiger partial charge on any atom is -0.475 e. The first kappa shape index (κ1) is 26.2. The molecule has 0 saturated heterocycles. The van der Waals surface area contributed by atoms with Gasteiger partial charge in [0.05, 0.1) is 6.10 Å². The number of alkyl halides is 3. The number of primary amides is 1. The summed E-state index contributed by atoms with van der Waals surface area (Å²) in [5.74, 6) is -3.19. The molecule has 0 bridgehead atoms. The number of fused-ring (bicyclic) bond motifs is 1. The van der Waals surface area contributed by atoms with Crippen LogP contribution in [0.15, 0.2) is 48.7 Å². The van der Waals surface area contributed by atoms with Crippen LogP contribution in [0.2, 0.25) is 5.02 Å². The fourth-order valence-corrected chi connectivity index (χ4v) is 3.25. The summed E-state index contributed by atoms with van der Waals surface area (Å²) >= 11 is 5.97. The monoisotopic (exact) mass is 485 g/mol. The molecular formula is C22H23ClF3N3O4. The number of halogens is 4. The molecule has 11 heteroatoms. The topological polar surface area (TPSA) is 128 Å². The zero-order chi connectivity index (χ0) is 24.8. The number of nitrogens with two attached hydrogens (primary N) is 1. The van der Waals surface area contributed by atoms with Crippen molar-refractivity contribution in [2.75, 3.05) is 6.54 Å². The van der Waals surface area contributed by atoms with Crippen LogP contribution >= 0.6 is 11.6 Å². The third-order valence-corrected chi connectivity index (χ3v) is 4.95. The quantitative estimate of drug-likeness (QED) is 0.347. The predicted molar refractivity (Wildman–Crippen MR) is 118 cm³/mol. The second-order valence-corrected chi connectivity index (χ2v) is 7.76. The van der Waals surface area contributed by atoms with E-state index in [9.17, 15) is 23.1 Å². The minimum atomic E-state index is -5.08. The van der Waals surface area contributed by atoms with Crippen molar-refractivity contribution in [2.24, 2.45) is 5.73 Å². The Kier molecular flexibility index (Phi) is 8.86. The number of aliphatic hydroxyl groups is 1. The first-order valence-electron chi connectivity index (χ1n) is 9.75. The van der Waals surface area contributed by atoms with Gasteiger partial charge in [0.25, 0.3) is 0 Å². The van der Waals surface area contributed by atoms with Crippen molar-refractivity contribution in [3.05, 3.63) is 70.4 Å². The zero-order valence-electron chi connectivity index (χ0n) is 17.5. The molecule has 3 aromatic rings. The number of H-pyrrole nitrogens is 1. The van der Waals surface area contributed by atoms with E-state index in [0.29, 0.717) is 17.1 Å². The molecule has 7 nitrogen and oxygen atoms in total. The summed E-state index contributed by atoms with van der Waals surface area (Å²) in [6.45, 7) is 2.51. The van der Waals surface area contributed by atoms with Gasteiger partial charge >= 0.3 is 12.1 Å². The fourth-order valence-electron chi connectivity index (χ4n) is 3.06. The number of benzene rings is 2. The standard InChI is InChI=1S/C20H22ClN3O2.C2HF3O2/c1-12(23-11-19(25)13-3-2-4-16(21)8-13)7-15-10-24-18-9-14(20(22)26)5-6-17(15)18;3-2(4,5)1(6)7/h2-6,8-10,12,19,23-25H,7,11H2,1H3,(H2,22,26);(H,6,7)/t12-,19+;/m1./s1. The number of rotatable bonds is 7. The van der Waals surface area contributed by atoms with E-state index in [1.54, 1.807) is 24.3 Å². The molecule has 3 rings (SSSR count). The van der Waals surface area contributed by atoms with E-state index in [0.717, 1.165) is 28.5 Å². The third-order valence-electron chi connectivity index (χ3n) is 4.71. The first-order chi connectivity index (χ1) is 15.4. The minimum absolute atomic E-state index is 0.165. The molecule has 178 valence electrons. The van der Waals surface area contributed by atoms with Crippen LogP contribution in [-0.4, -0.2) is 45.8 Å². The highest BCUT2D eigenvalue weighted by Crippen LogP contribution is 2.22. The van der Waals surface area contributed by atoms with Crippen LogP contribution in [0.3, 0.4) is 0 Å². The van der Waals surface area contributed by atoms with Crippen molar-refractivity contribution < 1.29 is 33.0 Å². The summed E-state index contributed by atoms with van der Waals surface area (Å²) in [7, 11) is 0. The summed E-state index contributed by atoms with van der Waals surface area (Å²) < 4.78 is 31.7. The molecule has 0 spiro atoms. The number of amides is 1. The Hall–Kier alpha value is -3.08. The third kappa shape index (κ3) is 7.77. The van der Waals surface area contributed by atoms with Crippen LogP contribution in [0, 0.1) is 0 Å². The van der Waals surface area contributed by atoms with Gasteiger partial charge in [0.15, 0.2) is 0 Å². The van der Waals surface area contributed by atoms with Gasteiger partial charge in [-0.2, -0.15) is 13.2 Å². The highest BCUT2D eigenvalue weighted by Gasteiger charge is 2.38. The fraction of sp³-hybridized carbons (Fsp3) is 0.273. The number of aliphatic hydroxyl groups excluding tert-OH is 1. The highest BCUT2D eigenvalue weighted by atomic mass is 35.5. The number of carbonyl (C=O) groups excluding carboxylic acids is 1. The molecule has 1 heterocycles. The highest BCUT2D eigenvalue weighted by molar-refractivity contribution is 6.30. The van der Waals surface area contributed by atoms with Crippen LogP contribution in [0.5, 0.6) is 0 Å². The van der Waals surface area contributed by atoms with Crippen molar-refractivity contribution >= 4 is 34.4 Å². The van der Waals surface area contributed by atoms with E-state index in [4.69, 9.17) is 27.2 Å². The molecule has 6 N–H and O–H groups in total. The van der Waals surface area contributed by atoms with Crippen LogP contribution in [-0.2, 0) is 11.2 Å². The number of aromatic amines is 1. The number of carbonyl (C=O) groups is 2. The van der Waals surface area contributed by atoms with Gasteiger partial charge < -0.3 is 26.2 Å². The van der Waals surface area contributed by atoms with Gasteiger partial charge in [-0.3, -0.25) is 4.79 Å². The van der Waals surface area contributed by atoms with Crippen molar-refractivity contribution in [1.82, 2.24) is 10.3 Å². The molecule has 2 aromatic carbocycles. The maximum Gasteiger partial charge on any atom is 0.490 e. The maximum absolute atomic E-state index is 11.3. The van der Waals surface area contributed by atoms with Crippen LogP contribution in [0.25, 0.3) is 10.9 Å².